The SMILES string of the molecule is CC1CCC(NC(=O)N2CCC(C(O)C(F)(F)F)CC2)C(C)C1. The largest absolute Gasteiger partial charge is 0.414 e. The van der Waals surface area contributed by atoms with Gasteiger partial charge in [-0.15, -0.1) is 0 Å². The van der Waals surface area contributed by atoms with E-state index in [0.717, 1.165) is 19.3 Å². The number of piperidine rings is 1. The van der Waals surface area contributed by atoms with E-state index in [1.54, 1.807) is 4.90 Å². The number of aliphatic hydroxyl groups is 1. The Labute approximate surface area is 135 Å². The van der Waals surface area contributed by atoms with Gasteiger partial charge in [0, 0.05) is 19.1 Å². The number of alkyl halides is 3. The summed E-state index contributed by atoms with van der Waals surface area (Å²) in [5.41, 5.74) is 0. The van der Waals surface area contributed by atoms with Crippen molar-refractivity contribution >= 4 is 6.03 Å². The summed E-state index contributed by atoms with van der Waals surface area (Å²) in [4.78, 5) is 13.9. The number of halogens is 3. The third-order valence-electron chi connectivity index (χ3n) is 5.35. The fraction of sp³-hybridized carbons (Fsp3) is 0.938. The number of hydrogen-bond acceptors (Lipinski definition) is 2. The molecule has 2 rings (SSSR count). The van der Waals surface area contributed by atoms with Gasteiger partial charge in [0.05, 0.1) is 0 Å². The standard InChI is InChI=1S/C16H27F3N2O2/c1-10-3-4-13(11(2)9-10)20-15(23)21-7-5-12(6-8-21)14(22)16(17,18)19/h10-14,22H,3-9H2,1-2H3,(H,20,23). The van der Waals surface area contributed by atoms with Crippen molar-refractivity contribution in [3.05, 3.63) is 0 Å². The molecular weight excluding hydrogens is 309 g/mol. The highest BCUT2D eigenvalue weighted by Crippen LogP contribution is 2.32. The Morgan fingerprint density at radius 1 is 1.17 bits per heavy atom. The highest BCUT2D eigenvalue weighted by molar-refractivity contribution is 5.74. The molecule has 2 aliphatic rings. The highest BCUT2D eigenvalue weighted by atomic mass is 19.4. The molecule has 2 fully saturated rings. The van der Waals surface area contributed by atoms with Crippen LogP contribution in [-0.4, -0.2) is 47.4 Å². The molecular formula is C16H27F3N2O2. The normalized spacial score (nSPS) is 31.7. The minimum atomic E-state index is -4.58. The van der Waals surface area contributed by atoms with E-state index in [9.17, 15) is 23.1 Å². The number of rotatable bonds is 2. The number of hydrogen-bond donors (Lipinski definition) is 2. The molecule has 23 heavy (non-hydrogen) atoms. The molecule has 7 heteroatoms. The summed E-state index contributed by atoms with van der Waals surface area (Å²) < 4.78 is 37.6. The van der Waals surface area contributed by atoms with Crippen LogP contribution >= 0.6 is 0 Å². The summed E-state index contributed by atoms with van der Waals surface area (Å²) in [5.74, 6) is 0.290. The van der Waals surface area contributed by atoms with E-state index in [0.29, 0.717) is 11.8 Å². The Morgan fingerprint density at radius 3 is 2.30 bits per heavy atom. The van der Waals surface area contributed by atoms with Gasteiger partial charge in [-0.25, -0.2) is 4.79 Å². The Kier molecular flexibility index (Phi) is 5.81. The number of nitrogens with one attached hydrogen (secondary N) is 1. The summed E-state index contributed by atoms with van der Waals surface area (Å²) in [6.07, 6.45) is -3.36. The van der Waals surface area contributed by atoms with Gasteiger partial charge in [0.1, 0.15) is 0 Å². The number of carbonyl (C=O) groups excluding carboxylic acids is 1. The quantitative estimate of drug-likeness (QED) is 0.814. The Bertz CT molecular complexity index is 409. The molecule has 0 aromatic rings. The molecule has 0 spiro atoms. The second-order valence-electron chi connectivity index (χ2n) is 7.26. The second-order valence-corrected chi connectivity index (χ2v) is 7.26. The van der Waals surface area contributed by atoms with Crippen molar-refractivity contribution in [2.45, 2.75) is 64.3 Å². The lowest BCUT2D eigenvalue weighted by molar-refractivity contribution is -0.222. The molecule has 1 heterocycles. The van der Waals surface area contributed by atoms with Crippen LogP contribution in [0.5, 0.6) is 0 Å². The number of likely N-dealkylation sites (tertiary alicyclic amines) is 1. The first kappa shape index (κ1) is 18.4. The summed E-state index contributed by atoms with van der Waals surface area (Å²) >= 11 is 0. The van der Waals surface area contributed by atoms with E-state index in [2.05, 4.69) is 19.2 Å². The Morgan fingerprint density at radius 2 is 1.78 bits per heavy atom. The Hall–Kier alpha value is -0.980. The smallest absolute Gasteiger partial charge is 0.383 e. The molecule has 4 nitrogen and oxygen atoms in total. The van der Waals surface area contributed by atoms with Crippen LogP contribution in [0.4, 0.5) is 18.0 Å². The Balaban J connectivity index is 1.80. The van der Waals surface area contributed by atoms with E-state index < -0.39 is 18.2 Å². The molecule has 134 valence electrons. The minimum Gasteiger partial charge on any atom is -0.383 e. The highest BCUT2D eigenvalue weighted by Gasteiger charge is 2.44. The molecule has 1 saturated carbocycles. The number of carbonyl (C=O) groups is 1. The zero-order valence-corrected chi connectivity index (χ0v) is 13.8. The third-order valence-corrected chi connectivity index (χ3v) is 5.35. The lowest BCUT2D eigenvalue weighted by atomic mass is 9.80. The van der Waals surface area contributed by atoms with Gasteiger partial charge < -0.3 is 15.3 Å². The van der Waals surface area contributed by atoms with Crippen LogP contribution in [0.3, 0.4) is 0 Å². The van der Waals surface area contributed by atoms with Gasteiger partial charge in [0.15, 0.2) is 6.10 Å². The molecule has 0 aromatic carbocycles. The summed E-state index contributed by atoms with van der Waals surface area (Å²) in [7, 11) is 0. The number of aliphatic hydroxyl groups excluding tert-OH is 1. The van der Waals surface area contributed by atoms with Crippen LogP contribution in [0.15, 0.2) is 0 Å². The average Bonchev–Trinajstić information content (AvgIpc) is 2.48. The lowest BCUT2D eigenvalue weighted by Crippen LogP contribution is -2.52. The minimum absolute atomic E-state index is 0.150. The molecule has 0 aromatic heterocycles. The van der Waals surface area contributed by atoms with Crippen molar-refractivity contribution in [2.75, 3.05) is 13.1 Å². The van der Waals surface area contributed by atoms with Gasteiger partial charge in [-0.2, -0.15) is 13.2 Å². The molecule has 4 unspecified atom stereocenters. The molecule has 2 N–H and O–H groups in total. The topological polar surface area (TPSA) is 52.6 Å². The molecule has 1 saturated heterocycles. The van der Waals surface area contributed by atoms with Crippen molar-refractivity contribution in [2.24, 2.45) is 17.8 Å². The van der Waals surface area contributed by atoms with Crippen LogP contribution in [0.1, 0.15) is 46.0 Å². The monoisotopic (exact) mass is 336 g/mol. The van der Waals surface area contributed by atoms with Crippen LogP contribution in [0, 0.1) is 17.8 Å². The van der Waals surface area contributed by atoms with E-state index in [-0.39, 0.29) is 38.0 Å². The molecule has 0 bridgehead atoms. The lowest BCUT2D eigenvalue weighted by Gasteiger charge is -2.38. The third kappa shape index (κ3) is 4.75. The van der Waals surface area contributed by atoms with Crippen molar-refractivity contribution in [1.82, 2.24) is 10.2 Å². The predicted octanol–water partition coefficient (Wildman–Crippen LogP) is 3.16. The van der Waals surface area contributed by atoms with Gasteiger partial charge >= 0.3 is 12.2 Å². The van der Waals surface area contributed by atoms with E-state index >= 15 is 0 Å². The number of urea groups is 1. The molecule has 4 atom stereocenters. The predicted molar refractivity (Wildman–Crippen MR) is 80.9 cm³/mol. The van der Waals surface area contributed by atoms with Crippen molar-refractivity contribution < 1.29 is 23.1 Å². The fourth-order valence-electron chi connectivity index (χ4n) is 3.82. The van der Waals surface area contributed by atoms with Crippen molar-refractivity contribution in [3.63, 3.8) is 0 Å². The zero-order valence-electron chi connectivity index (χ0n) is 13.8. The number of amides is 2. The molecule has 1 aliphatic carbocycles. The van der Waals surface area contributed by atoms with E-state index in [4.69, 9.17) is 0 Å². The van der Waals surface area contributed by atoms with Gasteiger partial charge in [-0.1, -0.05) is 13.8 Å². The van der Waals surface area contributed by atoms with Crippen molar-refractivity contribution in [1.29, 1.82) is 0 Å². The van der Waals surface area contributed by atoms with Gasteiger partial charge in [0.2, 0.25) is 0 Å². The molecule has 0 radical (unpaired) electrons. The summed E-state index contributed by atoms with van der Waals surface area (Å²) in [6, 6.07) is -0.0338. The van der Waals surface area contributed by atoms with E-state index in [1.807, 2.05) is 0 Å². The summed E-state index contributed by atoms with van der Waals surface area (Å²) in [5, 5.41) is 12.3. The second kappa shape index (κ2) is 7.28. The fourth-order valence-corrected chi connectivity index (χ4v) is 3.82. The van der Waals surface area contributed by atoms with Gasteiger partial charge in [-0.3, -0.25) is 0 Å². The molecule has 1 aliphatic heterocycles. The van der Waals surface area contributed by atoms with E-state index in [1.165, 1.54) is 0 Å². The van der Waals surface area contributed by atoms with Crippen molar-refractivity contribution in [3.8, 4) is 0 Å². The van der Waals surface area contributed by atoms with Crippen LogP contribution in [0.2, 0.25) is 0 Å². The van der Waals surface area contributed by atoms with Crippen LogP contribution < -0.4 is 5.32 Å². The van der Waals surface area contributed by atoms with Gasteiger partial charge in [-0.05, 0) is 49.9 Å². The molecule has 2 amide bonds. The number of nitrogens with zero attached hydrogens (tertiary/aromatic N) is 1. The first-order valence-electron chi connectivity index (χ1n) is 8.48. The maximum Gasteiger partial charge on any atom is 0.414 e. The maximum absolute atomic E-state index is 12.5. The average molecular weight is 336 g/mol. The van der Waals surface area contributed by atoms with Crippen LogP contribution in [-0.2, 0) is 0 Å². The van der Waals surface area contributed by atoms with Gasteiger partial charge in [0.25, 0.3) is 0 Å². The first-order valence-corrected chi connectivity index (χ1v) is 8.48. The zero-order chi connectivity index (χ0) is 17.2. The van der Waals surface area contributed by atoms with Crippen LogP contribution in [0.25, 0.3) is 0 Å². The summed E-state index contributed by atoms with van der Waals surface area (Å²) in [6.45, 7) is 4.88. The first-order chi connectivity index (χ1) is 10.7. The maximum atomic E-state index is 12.5.